The summed E-state index contributed by atoms with van der Waals surface area (Å²) in [6.07, 6.45) is -10.5. The van der Waals surface area contributed by atoms with Crippen LogP contribution in [0.3, 0.4) is 0 Å². The number of nitrogens with one attached hydrogen (secondary N) is 2. The van der Waals surface area contributed by atoms with Gasteiger partial charge in [-0.05, 0) is 34.4 Å². The molecule has 8 atom stereocenters. The van der Waals surface area contributed by atoms with Crippen LogP contribution in [-0.4, -0.2) is 68.9 Å². The van der Waals surface area contributed by atoms with Gasteiger partial charge < -0.3 is 40.5 Å². The third-order valence-electron chi connectivity index (χ3n) is 9.36. The lowest BCUT2D eigenvalue weighted by Crippen LogP contribution is -2.57. The van der Waals surface area contributed by atoms with Crippen molar-refractivity contribution in [2.45, 2.75) is 74.8 Å². The van der Waals surface area contributed by atoms with Gasteiger partial charge in [0.2, 0.25) is 0 Å². The molecular weight excluding hydrogens is 688 g/mol. The van der Waals surface area contributed by atoms with E-state index < -0.39 is 97.0 Å². The molecule has 0 bridgehead atoms. The van der Waals surface area contributed by atoms with Crippen LogP contribution in [0.5, 0.6) is 0 Å². The maximum Gasteiger partial charge on any atom is 0.252 e. The lowest BCUT2D eigenvalue weighted by Gasteiger charge is -2.32. The minimum absolute atomic E-state index is 0.199. The smallest absolute Gasteiger partial charge is 0.252 e. The van der Waals surface area contributed by atoms with Gasteiger partial charge in [0.1, 0.15) is 35.5 Å². The van der Waals surface area contributed by atoms with Gasteiger partial charge in [0.05, 0.1) is 37.5 Å². The molecule has 2 amide bonds. The van der Waals surface area contributed by atoms with Crippen LogP contribution >= 0.6 is 0 Å². The number of carbonyl (C=O) groups excluding carboxylic acids is 2. The molecule has 0 heterocycles. The van der Waals surface area contributed by atoms with E-state index in [0.717, 1.165) is 35.4 Å². The van der Waals surface area contributed by atoms with Gasteiger partial charge in [-0.3, -0.25) is 9.59 Å². The Morgan fingerprint density at radius 3 is 1.40 bits per heavy atom. The first-order chi connectivity index (χ1) is 24.9. The van der Waals surface area contributed by atoms with Gasteiger partial charge in [0.15, 0.2) is 12.2 Å². The van der Waals surface area contributed by atoms with E-state index in [1.165, 1.54) is 0 Å². The van der Waals surface area contributed by atoms with Crippen LogP contribution in [0.4, 0.5) is 17.6 Å². The van der Waals surface area contributed by atoms with Crippen molar-refractivity contribution in [3.63, 3.8) is 0 Å². The number of halogens is 4. The number of ether oxygens (including phenoxy) is 2. The van der Waals surface area contributed by atoms with E-state index in [9.17, 15) is 47.6 Å². The minimum Gasteiger partial charge on any atom is -0.390 e. The maximum absolute atomic E-state index is 14.6. The van der Waals surface area contributed by atoms with Crippen molar-refractivity contribution in [3.8, 4) is 0 Å². The molecular formula is C38H36F4N2O8. The molecule has 14 heteroatoms. The van der Waals surface area contributed by atoms with E-state index in [2.05, 4.69) is 10.6 Å². The molecule has 274 valence electrons. The Balaban J connectivity index is 1.29. The molecule has 10 nitrogen and oxygen atoms in total. The number of hydrogen-bond donors (Lipinski definition) is 6. The van der Waals surface area contributed by atoms with Crippen LogP contribution in [0.15, 0.2) is 84.9 Å². The number of benzene rings is 4. The summed E-state index contributed by atoms with van der Waals surface area (Å²) in [4.78, 5) is 27.7. The molecule has 0 spiro atoms. The van der Waals surface area contributed by atoms with Gasteiger partial charge in [-0.25, -0.2) is 17.6 Å². The summed E-state index contributed by atoms with van der Waals surface area (Å²) in [7, 11) is 0. The third kappa shape index (κ3) is 8.02. The normalized spacial score (nSPS) is 21.5. The van der Waals surface area contributed by atoms with Crippen LogP contribution in [0, 0.1) is 23.3 Å². The minimum atomic E-state index is -2.30. The zero-order valence-corrected chi connectivity index (χ0v) is 27.5. The second-order valence-electron chi connectivity index (χ2n) is 12.8. The van der Waals surface area contributed by atoms with E-state index in [0.29, 0.717) is 23.3 Å². The first kappa shape index (κ1) is 37.1. The molecule has 2 aliphatic carbocycles. The summed E-state index contributed by atoms with van der Waals surface area (Å²) in [6, 6.07) is 17.0. The van der Waals surface area contributed by atoms with Crippen molar-refractivity contribution >= 4 is 11.8 Å². The Hall–Kier alpha value is -4.70. The highest BCUT2D eigenvalue weighted by molar-refractivity contribution is 5.84. The Morgan fingerprint density at radius 1 is 0.635 bits per heavy atom. The molecule has 0 unspecified atom stereocenters. The van der Waals surface area contributed by atoms with Crippen LogP contribution in [0.25, 0.3) is 0 Å². The molecule has 0 fully saturated rings. The summed E-state index contributed by atoms with van der Waals surface area (Å²) >= 11 is 0. The van der Waals surface area contributed by atoms with Crippen LogP contribution < -0.4 is 10.6 Å². The van der Waals surface area contributed by atoms with E-state index in [4.69, 9.17) is 9.47 Å². The fourth-order valence-electron chi connectivity index (χ4n) is 6.62. The topological polar surface area (TPSA) is 158 Å². The molecule has 52 heavy (non-hydrogen) atoms. The number of rotatable bonds is 13. The predicted molar refractivity (Wildman–Crippen MR) is 176 cm³/mol. The number of hydrogen-bond acceptors (Lipinski definition) is 8. The first-order valence-corrected chi connectivity index (χ1v) is 16.5. The molecule has 0 saturated heterocycles. The van der Waals surface area contributed by atoms with E-state index >= 15 is 0 Å². The molecule has 0 saturated carbocycles. The van der Waals surface area contributed by atoms with E-state index in [1.807, 2.05) is 0 Å². The number of carbonyl (C=O) groups is 2. The molecule has 4 aromatic rings. The van der Waals surface area contributed by atoms with Crippen molar-refractivity contribution in [2.24, 2.45) is 0 Å². The second-order valence-corrected chi connectivity index (χ2v) is 12.8. The molecule has 0 aliphatic heterocycles. The van der Waals surface area contributed by atoms with Crippen molar-refractivity contribution in [3.05, 3.63) is 142 Å². The largest absolute Gasteiger partial charge is 0.390 e. The predicted octanol–water partition coefficient (Wildman–Crippen LogP) is 2.98. The number of aliphatic hydroxyl groups excluding tert-OH is 4. The van der Waals surface area contributed by atoms with Gasteiger partial charge in [-0.15, -0.1) is 0 Å². The Morgan fingerprint density at radius 2 is 1.02 bits per heavy atom. The fraction of sp³-hybridized carbons (Fsp3) is 0.316. The van der Waals surface area contributed by atoms with E-state index in [-0.39, 0.29) is 24.0 Å². The van der Waals surface area contributed by atoms with Gasteiger partial charge >= 0.3 is 0 Å². The third-order valence-corrected chi connectivity index (χ3v) is 9.36. The molecule has 2 aliphatic rings. The maximum atomic E-state index is 14.6. The average Bonchev–Trinajstić information content (AvgIpc) is 3.60. The van der Waals surface area contributed by atoms with Crippen LogP contribution in [0.2, 0.25) is 0 Å². The summed E-state index contributed by atoms with van der Waals surface area (Å²) in [5.41, 5.74) is 2.25. The molecule has 6 N–H and O–H groups in total. The van der Waals surface area contributed by atoms with Crippen molar-refractivity contribution < 1.29 is 57.1 Å². The Labute approximate surface area is 295 Å². The lowest BCUT2D eigenvalue weighted by atomic mass is 9.99. The van der Waals surface area contributed by atoms with Crippen molar-refractivity contribution in [1.29, 1.82) is 0 Å². The zero-order valence-electron chi connectivity index (χ0n) is 27.5. The van der Waals surface area contributed by atoms with Crippen LogP contribution in [-0.2, 0) is 45.1 Å². The molecule has 0 aromatic heterocycles. The Bertz CT molecular complexity index is 1790. The zero-order chi connectivity index (χ0) is 37.1. The standard InChI is InChI=1S/C38H36F4N2O8/c39-23-11-9-21(27(41)15-23)17-51-35(37(49)43-31-25-7-3-1-5-19(25)13-29(31)45)33(47)34(48)36(52-18-22-10-12-24(40)16-28(22)42)38(50)44-32-26-8-4-2-6-20(26)14-30(32)46/h1-12,15-16,29-36,45-48H,13-14,17-18H2,(H,43,49)(H,44,50)/t29-,30-,31+,32+,33+,34+,35+,36+/m0/s1. The monoisotopic (exact) mass is 724 g/mol. The summed E-state index contributed by atoms with van der Waals surface area (Å²) < 4.78 is 67.7. The quantitative estimate of drug-likeness (QED) is 0.115. The molecule has 6 rings (SSSR count). The lowest BCUT2D eigenvalue weighted by molar-refractivity contribution is -0.171. The number of amides is 2. The van der Waals surface area contributed by atoms with Crippen molar-refractivity contribution in [2.75, 3.05) is 0 Å². The summed E-state index contributed by atoms with van der Waals surface area (Å²) in [5, 5.41) is 49.9. The summed E-state index contributed by atoms with van der Waals surface area (Å²) in [5.74, 6) is -5.94. The SMILES string of the molecule is O=C(N[C@@H]1c2ccccc2C[C@@H]1O)[C@H](OCc1ccc(F)cc1F)[C@H](O)[C@@H](O)[C@@H](OCc1ccc(F)cc1F)C(=O)N[C@@H]1c2ccccc2C[C@@H]1O. The van der Waals surface area contributed by atoms with E-state index in [1.54, 1.807) is 48.5 Å². The molecule has 4 aromatic carbocycles. The van der Waals surface area contributed by atoms with Gasteiger partial charge in [0, 0.05) is 36.1 Å². The van der Waals surface area contributed by atoms with Gasteiger partial charge in [-0.1, -0.05) is 60.7 Å². The van der Waals surface area contributed by atoms with Crippen LogP contribution in [0.1, 0.15) is 45.5 Å². The highest BCUT2D eigenvalue weighted by Crippen LogP contribution is 2.33. The van der Waals surface area contributed by atoms with Crippen molar-refractivity contribution in [1.82, 2.24) is 10.6 Å². The van der Waals surface area contributed by atoms with Gasteiger partial charge in [-0.2, -0.15) is 0 Å². The number of aliphatic hydroxyl groups is 4. The average molecular weight is 725 g/mol. The molecule has 0 radical (unpaired) electrons. The fourth-order valence-corrected chi connectivity index (χ4v) is 6.62. The number of fused-ring (bicyclic) bond motifs is 2. The second kappa shape index (κ2) is 15.9. The highest BCUT2D eigenvalue weighted by atomic mass is 19.1. The Kier molecular flexibility index (Phi) is 11.3. The first-order valence-electron chi connectivity index (χ1n) is 16.5. The summed E-state index contributed by atoms with van der Waals surface area (Å²) in [6.45, 7) is -1.41. The highest BCUT2D eigenvalue weighted by Gasteiger charge is 2.44. The van der Waals surface area contributed by atoms with Gasteiger partial charge in [0.25, 0.3) is 11.8 Å².